The summed E-state index contributed by atoms with van der Waals surface area (Å²) in [5.41, 5.74) is 2.92. The van der Waals surface area contributed by atoms with Crippen LogP contribution in [0.4, 0.5) is 5.82 Å². The lowest BCUT2D eigenvalue weighted by atomic mass is 10.1. The van der Waals surface area contributed by atoms with Crippen LogP contribution < -0.4 is 10.9 Å². The number of hydrogen-bond acceptors (Lipinski definition) is 5. The molecule has 0 aliphatic carbocycles. The molecule has 3 heterocycles. The van der Waals surface area contributed by atoms with Crippen molar-refractivity contribution in [1.82, 2.24) is 19.7 Å². The number of hydrogen-bond donors (Lipinski definition) is 2. The van der Waals surface area contributed by atoms with E-state index in [9.17, 15) is 9.59 Å². The molecule has 5 rings (SSSR count). The molecule has 0 atom stereocenters. The number of carbonyl (C=O) groups excluding carboxylic acids is 1. The van der Waals surface area contributed by atoms with Crippen LogP contribution in [-0.4, -0.2) is 25.7 Å². The summed E-state index contributed by atoms with van der Waals surface area (Å²) in [7, 11) is 0. The molecule has 7 nitrogen and oxygen atoms in total. The maximum absolute atomic E-state index is 12.8. The highest BCUT2D eigenvalue weighted by Crippen LogP contribution is 2.28. The predicted octanol–water partition coefficient (Wildman–Crippen LogP) is 5.31. The molecule has 0 saturated carbocycles. The van der Waals surface area contributed by atoms with Gasteiger partial charge in [-0.2, -0.15) is 9.78 Å². The molecular weight excluding hydrogens is 458 g/mol. The van der Waals surface area contributed by atoms with Gasteiger partial charge in [0.2, 0.25) is 11.9 Å². The van der Waals surface area contributed by atoms with Gasteiger partial charge in [-0.1, -0.05) is 66.7 Å². The molecule has 174 valence electrons. The van der Waals surface area contributed by atoms with E-state index in [1.54, 1.807) is 17.4 Å². The van der Waals surface area contributed by atoms with E-state index < -0.39 is 0 Å². The summed E-state index contributed by atoms with van der Waals surface area (Å²) in [6.07, 6.45) is 1.91. The number of benzene rings is 2. The van der Waals surface area contributed by atoms with Crippen LogP contribution in [0.1, 0.15) is 18.4 Å². The summed E-state index contributed by atoms with van der Waals surface area (Å²) in [5.74, 6) is 0.562. The summed E-state index contributed by atoms with van der Waals surface area (Å²) >= 11 is 1.55. The molecule has 0 saturated heterocycles. The molecule has 0 bridgehead atoms. The van der Waals surface area contributed by atoms with Crippen molar-refractivity contribution >= 4 is 23.1 Å². The number of nitrogens with zero attached hydrogens (tertiary/aromatic N) is 3. The van der Waals surface area contributed by atoms with E-state index in [1.165, 1.54) is 16.3 Å². The molecule has 35 heavy (non-hydrogen) atoms. The number of nitrogens with one attached hydrogen (secondary N) is 2. The van der Waals surface area contributed by atoms with Crippen LogP contribution in [0.3, 0.4) is 0 Å². The van der Waals surface area contributed by atoms with Crippen molar-refractivity contribution in [3.63, 3.8) is 0 Å². The van der Waals surface area contributed by atoms with E-state index in [0.717, 1.165) is 23.3 Å². The van der Waals surface area contributed by atoms with E-state index in [4.69, 9.17) is 0 Å². The quantitative estimate of drug-likeness (QED) is 0.314. The molecule has 3 aromatic heterocycles. The first-order chi connectivity index (χ1) is 17.2. The number of thiophene rings is 1. The molecule has 0 fully saturated rings. The van der Waals surface area contributed by atoms with Gasteiger partial charge in [0.25, 0.3) is 5.56 Å². The highest BCUT2D eigenvalue weighted by Gasteiger charge is 2.17. The number of amides is 1. The summed E-state index contributed by atoms with van der Waals surface area (Å²) in [4.78, 5) is 33.6. The number of rotatable bonds is 8. The fourth-order valence-corrected chi connectivity index (χ4v) is 4.46. The summed E-state index contributed by atoms with van der Waals surface area (Å²) < 4.78 is 1.48. The van der Waals surface area contributed by atoms with E-state index >= 15 is 0 Å². The normalized spacial score (nSPS) is 10.9. The number of aromatic amines is 1. The molecule has 2 N–H and O–H groups in total. The first-order valence-electron chi connectivity index (χ1n) is 11.3. The highest BCUT2D eigenvalue weighted by atomic mass is 32.1. The lowest BCUT2D eigenvalue weighted by Crippen LogP contribution is -2.18. The molecule has 1 amide bonds. The standard InChI is InChI=1S/C27H23N5O2S/c33-25(15-7-11-19-9-3-1-4-10-19)29-24-17-22(23-14-8-16-35-23)31-32(24)27-28-21(18-26(34)30-27)20-12-5-2-6-13-20/h1-6,8-10,12-14,16-18H,7,11,15H2,(H,29,33)(H,28,30,34). The molecule has 5 aromatic rings. The molecule has 8 heteroatoms. The zero-order valence-corrected chi connectivity index (χ0v) is 19.7. The Morgan fingerprint density at radius 1 is 0.943 bits per heavy atom. The second-order valence-electron chi connectivity index (χ2n) is 8.01. The monoisotopic (exact) mass is 481 g/mol. The maximum atomic E-state index is 12.8. The second kappa shape index (κ2) is 10.3. The number of aryl methyl sites for hydroxylation is 1. The molecule has 0 spiro atoms. The van der Waals surface area contributed by atoms with Gasteiger partial charge in [0.15, 0.2) is 0 Å². The van der Waals surface area contributed by atoms with Gasteiger partial charge >= 0.3 is 0 Å². The minimum absolute atomic E-state index is 0.124. The van der Waals surface area contributed by atoms with E-state index in [0.29, 0.717) is 23.6 Å². The Bertz CT molecular complexity index is 1480. The first-order valence-corrected chi connectivity index (χ1v) is 12.2. The Labute approximate surface area is 206 Å². The zero-order chi connectivity index (χ0) is 24.0. The van der Waals surface area contributed by atoms with Crippen LogP contribution in [0.5, 0.6) is 0 Å². The number of anilines is 1. The van der Waals surface area contributed by atoms with Crippen LogP contribution in [0.2, 0.25) is 0 Å². The topological polar surface area (TPSA) is 92.7 Å². The third-order valence-corrected chi connectivity index (χ3v) is 6.35. The van der Waals surface area contributed by atoms with Gasteiger partial charge in [0.05, 0.1) is 10.6 Å². The SMILES string of the molecule is O=C(CCCc1ccccc1)Nc1cc(-c2cccs2)nn1-c1nc(-c2ccccc2)cc(=O)[nH]1. The molecule has 0 aliphatic heterocycles. The molecule has 0 radical (unpaired) electrons. The first kappa shape index (κ1) is 22.5. The number of carbonyl (C=O) groups is 1. The van der Waals surface area contributed by atoms with E-state index in [1.807, 2.05) is 66.0 Å². The van der Waals surface area contributed by atoms with Crippen LogP contribution in [0.25, 0.3) is 27.8 Å². The van der Waals surface area contributed by atoms with E-state index in [-0.39, 0.29) is 17.4 Å². The number of aromatic nitrogens is 4. The van der Waals surface area contributed by atoms with Crippen LogP contribution >= 0.6 is 11.3 Å². The van der Waals surface area contributed by atoms with Gasteiger partial charge in [0, 0.05) is 24.1 Å². The smallest absolute Gasteiger partial charge is 0.252 e. The minimum atomic E-state index is -0.304. The van der Waals surface area contributed by atoms with Crippen molar-refractivity contribution in [2.24, 2.45) is 0 Å². The van der Waals surface area contributed by atoms with Gasteiger partial charge in [0.1, 0.15) is 11.5 Å². The Hall–Kier alpha value is -4.30. The Morgan fingerprint density at radius 3 is 2.46 bits per heavy atom. The fraction of sp³-hybridized carbons (Fsp3) is 0.111. The van der Waals surface area contributed by atoms with Gasteiger partial charge in [-0.3, -0.25) is 14.6 Å². The van der Waals surface area contributed by atoms with Gasteiger partial charge in [-0.15, -0.1) is 11.3 Å². The van der Waals surface area contributed by atoms with Crippen molar-refractivity contribution < 1.29 is 4.79 Å². The minimum Gasteiger partial charge on any atom is -0.310 e. The predicted molar refractivity (Wildman–Crippen MR) is 139 cm³/mol. The molecule has 2 aromatic carbocycles. The molecule has 0 unspecified atom stereocenters. The van der Waals surface area contributed by atoms with Gasteiger partial charge in [-0.25, -0.2) is 4.98 Å². The second-order valence-corrected chi connectivity index (χ2v) is 8.96. The highest BCUT2D eigenvalue weighted by molar-refractivity contribution is 7.13. The Kier molecular flexibility index (Phi) is 6.63. The van der Waals surface area contributed by atoms with Crippen molar-refractivity contribution in [2.45, 2.75) is 19.3 Å². The summed E-state index contributed by atoms with van der Waals surface area (Å²) in [6, 6.07) is 26.7. The lowest BCUT2D eigenvalue weighted by molar-refractivity contribution is -0.116. The Morgan fingerprint density at radius 2 is 1.71 bits per heavy atom. The lowest BCUT2D eigenvalue weighted by Gasteiger charge is -2.09. The van der Waals surface area contributed by atoms with Crippen LogP contribution in [0.15, 0.2) is 95.1 Å². The van der Waals surface area contributed by atoms with Crippen molar-refractivity contribution in [3.8, 4) is 27.8 Å². The zero-order valence-electron chi connectivity index (χ0n) is 18.8. The van der Waals surface area contributed by atoms with Crippen molar-refractivity contribution in [3.05, 3.63) is 106 Å². The van der Waals surface area contributed by atoms with Gasteiger partial charge in [-0.05, 0) is 29.9 Å². The average Bonchev–Trinajstić information content (AvgIpc) is 3.55. The largest absolute Gasteiger partial charge is 0.310 e. The summed E-state index contributed by atoms with van der Waals surface area (Å²) in [5, 5.41) is 9.58. The molecular formula is C27H23N5O2S. The maximum Gasteiger partial charge on any atom is 0.252 e. The third kappa shape index (κ3) is 5.44. The van der Waals surface area contributed by atoms with Gasteiger partial charge < -0.3 is 5.32 Å². The average molecular weight is 482 g/mol. The van der Waals surface area contributed by atoms with Crippen LogP contribution in [0, 0.1) is 0 Å². The fourth-order valence-electron chi connectivity index (χ4n) is 3.78. The molecule has 0 aliphatic rings. The summed E-state index contributed by atoms with van der Waals surface area (Å²) in [6.45, 7) is 0. The number of H-pyrrole nitrogens is 1. The third-order valence-electron chi connectivity index (χ3n) is 5.46. The van der Waals surface area contributed by atoms with E-state index in [2.05, 4.69) is 32.5 Å². The Balaban J connectivity index is 1.43. The van der Waals surface area contributed by atoms with Crippen molar-refractivity contribution in [2.75, 3.05) is 5.32 Å². The van der Waals surface area contributed by atoms with Crippen LogP contribution in [-0.2, 0) is 11.2 Å². The van der Waals surface area contributed by atoms with Crippen molar-refractivity contribution in [1.29, 1.82) is 0 Å².